The maximum absolute atomic E-state index is 11.8. The van der Waals surface area contributed by atoms with E-state index < -0.39 is 0 Å². The summed E-state index contributed by atoms with van der Waals surface area (Å²) in [4.78, 5) is 11.8. The highest BCUT2D eigenvalue weighted by Gasteiger charge is 2.19. The average molecular weight is 258 g/mol. The Hall–Kier alpha value is -1.03. The Morgan fingerprint density at radius 2 is 2.29 bits per heavy atom. The molecule has 0 aliphatic heterocycles. The van der Waals surface area contributed by atoms with Crippen molar-refractivity contribution in [3.8, 4) is 0 Å². The molecular formula is C12H20ClN3O. The molecule has 4 nitrogen and oxygen atoms in total. The van der Waals surface area contributed by atoms with Crippen LogP contribution in [-0.4, -0.2) is 28.5 Å². The van der Waals surface area contributed by atoms with Crippen LogP contribution in [0.25, 0.3) is 0 Å². The van der Waals surface area contributed by atoms with Crippen LogP contribution in [0.3, 0.4) is 0 Å². The Labute approximate surface area is 107 Å². The third-order valence-corrected chi connectivity index (χ3v) is 3.06. The molecule has 1 heterocycles. The van der Waals surface area contributed by atoms with Crippen LogP contribution in [0.4, 0.5) is 0 Å². The number of halogens is 1. The number of H-pyrrole nitrogens is 1. The molecule has 2 N–H and O–H groups in total. The molecule has 0 atom stereocenters. The number of carbonyl (C=O) groups excluding carboxylic acids is 1. The fraction of sp³-hybridized carbons (Fsp3) is 0.667. The smallest absolute Gasteiger partial charge is 0.254 e. The molecule has 0 saturated carbocycles. The second-order valence-corrected chi connectivity index (χ2v) is 5.43. The number of aryl methyl sites for hydroxylation is 1. The van der Waals surface area contributed by atoms with Gasteiger partial charge in [0.05, 0.1) is 11.8 Å². The molecule has 1 rings (SSSR count). The van der Waals surface area contributed by atoms with E-state index >= 15 is 0 Å². The van der Waals surface area contributed by atoms with Crippen molar-refractivity contribution >= 4 is 17.5 Å². The van der Waals surface area contributed by atoms with Gasteiger partial charge in [0, 0.05) is 18.1 Å². The zero-order valence-corrected chi connectivity index (χ0v) is 11.4. The molecule has 1 aromatic rings. The number of rotatable bonds is 6. The van der Waals surface area contributed by atoms with Gasteiger partial charge in [-0.15, -0.1) is 11.6 Å². The number of aromatic amines is 1. The average Bonchev–Trinajstić information content (AvgIpc) is 2.70. The van der Waals surface area contributed by atoms with Gasteiger partial charge in [-0.1, -0.05) is 13.8 Å². The second kappa shape index (κ2) is 6.05. The van der Waals surface area contributed by atoms with Gasteiger partial charge in [0.1, 0.15) is 0 Å². The monoisotopic (exact) mass is 257 g/mol. The Morgan fingerprint density at radius 1 is 1.59 bits per heavy atom. The molecule has 0 aromatic carbocycles. The van der Waals surface area contributed by atoms with E-state index in [1.807, 2.05) is 6.92 Å². The van der Waals surface area contributed by atoms with Crippen LogP contribution in [0.5, 0.6) is 0 Å². The number of aromatic nitrogens is 2. The summed E-state index contributed by atoms with van der Waals surface area (Å²) in [6.45, 7) is 6.73. The summed E-state index contributed by atoms with van der Waals surface area (Å²) in [6, 6.07) is 0. The fourth-order valence-corrected chi connectivity index (χ4v) is 1.76. The number of hydrogen-bond donors (Lipinski definition) is 2. The van der Waals surface area contributed by atoms with Gasteiger partial charge in [-0.3, -0.25) is 9.89 Å². The highest BCUT2D eigenvalue weighted by atomic mass is 35.5. The van der Waals surface area contributed by atoms with Crippen molar-refractivity contribution < 1.29 is 4.79 Å². The number of amides is 1. The minimum atomic E-state index is -0.0739. The Balaban J connectivity index is 2.45. The van der Waals surface area contributed by atoms with Crippen LogP contribution < -0.4 is 5.32 Å². The first kappa shape index (κ1) is 14.0. The van der Waals surface area contributed by atoms with Crippen molar-refractivity contribution in [2.24, 2.45) is 5.41 Å². The number of nitrogens with zero attached hydrogens (tertiary/aromatic N) is 1. The predicted molar refractivity (Wildman–Crippen MR) is 69.4 cm³/mol. The van der Waals surface area contributed by atoms with Crippen LogP contribution >= 0.6 is 11.6 Å². The van der Waals surface area contributed by atoms with Gasteiger partial charge in [0.2, 0.25) is 0 Å². The third-order valence-electron chi connectivity index (χ3n) is 2.79. The second-order valence-electron chi connectivity index (χ2n) is 5.05. The predicted octanol–water partition coefficient (Wildman–Crippen LogP) is 2.49. The van der Waals surface area contributed by atoms with Gasteiger partial charge in [-0.05, 0) is 25.2 Å². The fourth-order valence-electron chi connectivity index (χ4n) is 1.63. The normalized spacial score (nSPS) is 11.5. The van der Waals surface area contributed by atoms with E-state index in [0.29, 0.717) is 18.0 Å². The molecular weight excluding hydrogens is 238 g/mol. The summed E-state index contributed by atoms with van der Waals surface area (Å²) < 4.78 is 0. The highest BCUT2D eigenvalue weighted by Crippen LogP contribution is 2.21. The van der Waals surface area contributed by atoms with Crippen molar-refractivity contribution in [1.82, 2.24) is 15.5 Å². The molecule has 17 heavy (non-hydrogen) atoms. The topological polar surface area (TPSA) is 57.8 Å². The Morgan fingerprint density at radius 3 is 2.82 bits per heavy atom. The lowest BCUT2D eigenvalue weighted by molar-refractivity contribution is 0.0934. The summed E-state index contributed by atoms with van der Waals surface area (Å²) in [6.07, 6.45) is 3.52. The van der Waals surface area contributed by atoms with E-state index in [0.717, 1.165) is 18.5 Å². The van der Waals surface area contributed by atoms with Crippen LogP contribution in [-0.2, 0) is 0 Å². The summed E-state index contributed by atoms with van der Waals surface area (Å²) in [5, 5.41) is 9.52. The van der Waals surface area contributed by atoms with Crippen molar-refractivity contribution in [1.29, 1.82) is 0 Å². The molecule has 0 bridgehead atoms. The van der Waals surface area contributed by atoms with E-state index in [1.165, 1.54) is 0 Å². The molecule has 5 heteroatoms. The maximum atomic E-state index is 11.8. The van der Waals surface area contributed by atoms with Crippen molar-refractivity contribution in [3.05, 3.63) is 17.5 Å². The first-order chi connectivity index (χ1) is 7.96. The van der Waals surface area contributed by atoms with Crippen molar-refractivity contribution in [2.75, 3.05) is 12.4 Å². The first-order valence-corrected chi connectivity index (χ1v) is 6.34. The lowest BCUT2D eigenvalue weighted by atomic mass is 9.88. The number of hydrogen-bond acceptors (Lipinski definition) is 2. The molecule has 0 radical (unpaired) electrons. The summed E-state index contributed by atoms with van der Waals surface area (Å²) >= 11 is 5.67. The maximum Gasteiger partial charge on any atom is 0.254 e. The largest absolute Gasteiger partial charge is 0.351 e. The molecule has 0 saturated heterocycles. The van der Waals surface area contributed by atoms with Gasteiger partial charge in [0.25, 0.3) is 5.91 Å². The number of alkyl halides is 1. The lowest BCUT2D eigenvalue weighted by Gasteiger charge is -2.24. The Kier molecular flexibility index (Phi) is 5.00. The van der Waals surface area contributed by atoms with Gasteiger partial charge < -0.3 is 5.32 Å². The summed E-state index contributed by atoms with van der Waals surface area (Å²) in [5.41, 5.74) is 1.47. The quantitative estimate of drug-likeness (QED) is 0.770. The van der Waals surface area contributed by atoms with Crippen molar-refractivity contribution in [3.63, 3.8) is 0 Å². The van der Waals surface area contributed by atoms with Gasteiger partial charge in [-0.25, -0.2) is 0 Å². The van der Waals surface area contributed by atoms with Crippen LogP contribution in [0.15, 0.2) is 6.20 Å². The van der Waals surface area contributed by atoms with E-state index in [4.69, 9.17) is 11.6 Å². The number of nitrogens with one attached hydrogen (secondary N) is 2. The minimum Gasteiger partial charge on any atom is -0.351 e. The minimum absolute atomic E-state index is 0.0716. The summed E-state index contributed by atoms with van der Waals surface area (Å²) in [7, 11) is 0. The summed E-state index contributed by atoms with van der Waals surface area (Å²) in [5.74, 6) is 0.591. The molecule has 0 fully saturated rings. The Bertz CT molecular complexity index is 374. The molecule has 0 aliphatic carbocycles. The molecule has 1 aromatic heterocycles. The third kappa shape index (κ3) is 4.38. The van der Waals surface area contributed by atoms with Crippen LogP contribution in [0.2, 0.25) is 0 Å². The van der Waals surface area contributed by atoms with Gasteiger partial charge in [0.15, 0.2) is 0 Å². The van der Waals surface area contributed by atoms with Gasteiger partial charge >= 0.3 is 0 Å². The first-order valence-electron chi connectivity index (χ1n) is 5.80. The van der Waals surface area contributed by atoms with Gasteiger partial charge in [-0.2, -0.15) is 5.10 Å². The SMILES string of the molecule is Cc1[nH]ncc1C(=O)NCC(C)(C)CCCCl. The van der Waals surface area contributed by atoms with E-state index in [2.05, 4.69) is 29.4 Å². The molecule has 96 valence electrons. The van der Waals surface area contributed by atoms with Crippen LogP contribution in [0, 0.1) is 12.3 Å². The zero-order valence-electron chi connectivity index (χ0n) is 10.6. The van der Waals surface area contributed by atoms with E-state index in [-0.39, 0.29) is 11.3 Å². The zero-order chi connectivity index (χ0) is 12.9. The molecule has 0 unspecified atom stereocenters. The van der Waals surface area contributed by atoms with Crippen molar-refractivity contribution in [2.45, 2.75) is 33.6 Å². The van der Waals surface area contributed by atoms with Crippen LogP contribution in [0.1, 0.15) is 42.7 Å². The molecule has 0 aliphatic rings. The van der Waals surface area contributed by atoms with E-state index in [9.17, 15) is 4.79 Å². The number of carbonyl (C=O) groups is 1. The van der Waals surface area contributed by atoms with E-state index in [1.54, 1.807) is 6.20 Å². The molecule has 1 amide bonds. The highest BCUT2D eigenvalue weighted by molar-refractivity contribution is 6.17. The lowest BCUT2D eigenvalue weighted by Crippen LogP contribution is -2.34. The standard InChI is InChI=1S/C12H20ClN3O/c1-9-10(7-15-16-9)11(17)14-8-12(2,3)5-4-6-13/h7H,4-6,8H2,1-3H3,(H,14,17)(H,15,16). The molecule has 0 spiro atoms.